The van der Waals surface area contributed by atoms with Gasteiger partial charge in [-0.05, 0) is 40.4 Å². The Bertz CT molecular complexity index is 943. The highest BCUT2D eigenvalue weighted by Crippen LogP contribution is 2.24. The summed E-state index contributed by atoms with van der Waals surface area (Å²) in [6.07, 6.45) is 4.01. The summed E-state index contributed by atoms with van der Waals surface area (Å²) < 4.78 is 2.14. The van der Waals surface area contributed by atoms with Crippen LogP contribution in [0.3, 0.4) is 0 Å². The van der Waals surface area contributed by atoms with Gasteiger partial charge in [-0.2, -0.15) is 4.57 Å². The fraction of sp³-hybridized carbons (Fsp3) is 0.0526. The Morgan fingerprint density at radius 1 is 0.762 bits per heavy atom. The van der Waals surface area contributed by atoms with Crippen molar-refractivity contribution in [2.45, 2.75) is 0 Å². The standard InChI is InChI=1S/C19H15N2/c1-21-13-17-11-15-7-3-2-6-14(15)10-16(17)12-19(21)18-8-4-5-9-20-18/h2-13H,1H3/q+1. The molecule has 2 aromatic heterocycles. The van der Waals surface area contributed by atoms with Crippen molar-refractivity contribution in [1.82, 2.24) is 4.98 Å². The normalized spacial score (nSPS) is 11.1. The van der Waals surface area contributed by atoms with Crippen molar-refractivity contribution in [3.05, 3.63) is 73.1 Å². The molecule has 4 aromatic rings. The van der Waals surface area contributed by atoms with E-state index in [9.17, 15) is 0 Å². The van der Waals surface area contributed by atoms with Gasteiger partial charge in [-0.1, -0.05) is 30.3 Å². The first kappa shape index (κ1) is 12.0. The predicted molar refractivity (Wildman–Crippen MR) is 85.9 cm³/mol. The molecule has 0 saturated heterocycles. The molecular weight excluding hydrogens is 256 g/mol. The van der Waals surface area contributed by atoms with Gasteiger partial charge in [0.2, 0.25) is 5.69 Å². The quantitative estimate of drug-likeness (QED) is 0.379. The summed E-state index contributed by atoms with van der Waals surface area (Å²) in [7, 11) is 2.07. The first-order valence-corrected chi connectivity index (χ1v) is 7.05. The number of benzene rings is 2. The second-order valence-electron chi connectivity index (χ2n) is 5.31. The number of aryl methyl sites for hydroxylation is 1. The van der Waals surface area contributed by atoms with Gasteiger partial charge < -0.3 is 0 Å². The van der Waals surface area contributed by atoms with E-state index in [0.717, 1.165) is 11.4 Å². The van der Waals surface area contributed by atoms with Gasteiger partial charge in [0.25, 0.3) is 0 Å². The molecule has 21 heavy (non-hydrogen) atoms. The van der Waals surface area contributed by atoms with Crippen molar-refractivity contribution in [3.63, 3.8) is 0 Å². The minimum absolute atomic E-state index is 0.995. The van der Waals surface area contributed by atoms with Crippen LogP contribution >= 0.6 is 0 Å². The maximum absolute atomic E-state index is 4.46. The van der Waals surface area contributed by atoms with Crippen LogP contribution in [0.2, 0.25) is 0 Å². The van der Waals surface area contributed by atoms with Crippen LogP contribution < -0.4 is 4.57 Å². The Morgan fingerprint density at radius 2 is 1.48 bits per heavy atom. The highest BCUT2D eigenvalue weighted by atomic mass is 14.9. The van der Waals surface area contributed by atoms with Crippen LogP contribution in [0, 0.1) is 0 Å². The Labute approximate surface area is 123 Å². The van der Waals surface area contributed by atoms with Gasteiger partial charge in [0.15, 0.2) is 6.20 Å². The van der Waals surface area contributed by atoms with Gasteiger partial charge in [-0.15, -0.1) is 0 Å². The molecule has 0 unspecified atom stereocenters. The third-order valence-electron chi connectivity index (χ3n) is 3.88. The van der Waals surface area contributed by atoms with Crippen molar-refractivity contribution >= 4 is 21.5 Å². The maximum atomic E-state index is 4.46. The van der Waals surface area contributed by atoms with Crippen LogP contribution in [-0.2, 0) is 7.05 Å². The zero-order chi connectivity index (χ0) is 14.2. The zero-order valence-electron chi connectivity index (χ0n) is 11.8. The van der Waals surface area contributed by atoms with Crippen molar-refractivity contribution in [2.24, 2.45) is 7.05 Å². The average Bonchev–Trinajstić information content (AvgIpc) is 2.53. The van der Waals surface area contributed by atoms with Crippen LogP contribution in [0.4, 0.5) is 0 Å². The third kappa shape index (κ3) is 2.05. The monoisotopic (exact) mass is 271 g/mol. The number of aromatic nitrogens is 2. The SMILES string of the molecule is C[n+]1cc2cc3ccccc3cc2cc1-c1ccccn1. The second kappa shape index (κ2) is 4.67. The summed E-state index contributed by atoms with van der Waals surface area (Å²) in [5, 5.41) is 5.03. The maximum Gasteiger partial charge on any atom is 0.231 e. The van der Waals surface area contributed by atoms with Gasteiger partial charge in [0, 0.05) is 17.6 Å². The molecule has 100 valence electrons. The summed E-state index contributed by atoms with van der Waals surface area (Å²) in [6.45, 7) is 0. The van der Waals surface area contributed by atoms with E-state index in [-0.39, 0.29) is 0 Å². The third-order valence-corrected chi connectivity index (χ3v) is 3.88. The molecule has 0 bridgehead atoms. The molecule has 0 aliphatic carbocycles. The van der Waals surface area contributed by atoms with E-state index < -0.39 is 0 Å². The minimum Gasteiger partial charge on any atom is -0.250 e. The van der Waals surface area contributed by atoms with E-state index >= 15 is 0 Å². The number of fused-ring (bicyclic) bond motifs is 2. The Morgan fingerprint density at radius 3 is 2.19 bits per heavy atom. The number of hydrogen-bond donors (Lipinski definition) is 0. The lowest BCUT2D eigenvalue weighted by Gasteiger charge is -2.04. The molecular formula is C19H15N2+. The van der Waals surface area contributed by atoms with Gasteiger partial charge in [0.1, 0.15) is 12.7 Å². The van der Waals surface area contributed by atoms with Crippen LogP contribution in [0.5, 0.6) is 0 Å². The summed E-state index contributed by atoms with van der Waals surface area (Å²) in [6, 6.07) is 21.2. The molecule has 0 amide bonds. The van der Waals surface area contributed by atoms with Crippen molar-refractivity contribution in [2.75, 3.05) is 0 Å². The molecule has 2 nitrogen and oxygen atoms in total. The second-order valence-corrected chi connectivity index (χ2v) is 5.31. The molecule has 0 saturated carbocycles. The van der Waals surface area contributed by atoms with Crippen LogP contribution in [0.25, 0.3) is 32.9 Å². The van der Waals surface area contributed by atoms with E-state index in [2.05, 4.69) is 65.3 Å². The first-order chi connectivity index (χ1) is 10.3. The molecule has 0 aliphatic heterocycles. The molecule has 0 fully saturated rings. The van der Waals surface area contributed by atoms with Crippen molar-refractivity contribution in [1.29, 1.82) is 0 Å². The van der Waals surface area contributed by atoms with Crippen molar-refractivity contribution in [3.8, 4) is 11.4 Å². The molecule has 0 spiro atoms. The zero-order valence-corrected chi connectivity index (χ0v) is 11.8. The number of nitrogens with zero attached hydrogens (tertiary/aromatic N) is 2. The fourth-order valence-corrected chi connectivity index (χ4v) is 2.81. The lowest BCUT2D eigenvalue weighted by molar-refractivity contribution is -0.659. The summed E-state index contributed by atoms with van der Waals surface area (Å²) in [5.74, 6) is 0. The minimum atomic E-state index is 0.995. The van der Waals surface area contributed by atoms with E-state index in [0.29, 0.717) is 0 Å². The van der Waals surface area contributed by atoms with Gasteiger partial charge in [0.05, 0.1) is 0 Å². The molecule has 0 aliphatic rings. The highest BCUT2D eigenvalue weighted by molar-refractivity contribution is 5.98. The van der Waals surface area contributed by atoms with E-state index in [1.54, 1.807) is 0 Å². The molecule has 0 N–H and O–H groups in total. The lowest BCUT2D eigenvalue weighted by atomic mass is 10.0. The Balaban J connectivity index is 2.02. The van der Waals surface area contributed by atoms with Gasteiger partial charge in [-0.25, -0.2) is 4.98 Å². The largest absolute Gasteiger partial charge is 0.250 e. The number of hydrogen-bond acceptors (Lipinski definition) is 1. The highest BCUT2D eigenvalue weighted by Gasteiger charge is 2.12. The topological polar surface area (TPSA) is 16.8 Å². The van der Waals surface area contributed by atoms with E-state index in [1.807, 2.05) is 24.4 Å². The van der Waals surface area contributed by atoms with E-state index in [4.69, 9.17) is 0 Å². The molecule has 2 heterocycles. The molecule has 4 rings (SSSR count). The summed E-state index contributed by atoms with van der Waals surface area (Å²) >= 11 is 0. The average molecular weight is 271 g/mol. The number of rotatable bonds is 1. The fourth-order valence-electron chi connectivity index (χ4n) is 2.81. The van der Waals surface area contributed by atoms with E-state index in [1.165, 1.54) is 21.5 Å². The van der Waals surface area contributed by atoms with Gasteiger partial charge in [-0.3, -0.25) is 0 Å². The van der Waals surface area contributed by atoms with Crippen molar-refractivity contribution < 1.29 is 4.57 Å². The van der Waals surface area contributed by atoms with Crippen LogP contribution in [-0.4, -0.2) is 4.98 Å². The summed E-state index contributed by atoms with van der Waals surface area (Å²) in [5.41, 5.74) is 2.12. The summed E-state index contributed by atoms with van der Waals surface area (Å²) in [4.78, 5) is 4.46. The number of pyridine rings is 2. The smallest absolute Gasteiger partial charge is 0.231 e. The first-order valence-electron chi connectivity index (χ1n) is 7.05. The molecule has 0 radical (unpaired) electrons. The lowest BCUT2D eigenvalue weighted by Crippen LogP contribution is -2.30. The van der Waals surface area contributed by atoms with Crippen LogP contribution in [0.15, 0.2) is 73.1 Å². The molecule has 2 aromatic carbocycles. The molecule has 0 atom stereocenters. The Kier molecular flexibility index (Phi) is 2.68. The Hall–Kier alpha value is -2.74. The molecule has 2 heteroatoms. The predicted octanol–water partition coefficient (Wildman–Crippen LogP) is 3.88. The van der Waals surface area contributed by atoms with Crippen LogP contribution in [0.1, 0.15) is 0 Å². The van der Waals surface area contributed by atoms with Gasteiger partial charge >= 0.3 is 0 Å².